The van der Waals surface area contributed by atoms with E-state index in [1.54, 1.807) is 0 Å². The third-order valence-electron chi connectivity index (χ3n) is 5.44. The van der Waals surface area contributed by atoms with Crippen molar-refractivity contribution in [1.29, 1.82) is 0 Å². The minimum atomic E-state index is -3.67. The molecule has 8 heteroatoms. The van der Waals surface area contributed by atoms with Gasteiger partial charge in [-0.1, -0.05) is 34.7 Å². The molecule has 2 aliphatic rings. The molecular weight excluding hydrogens is 489 g/mol. The van der Waals surface area contributed by atoms with E-state index in [1.165, 1.54) is 0 Å². The molecule has 1 aromatic carbocycles. The van der Waals surface area contributed by atoms with Crippen LogP contribution in [0.4, 0.5) is 5.69 Å². The van der Waals surface area contributed by atoms with Gasteiger partial charge in [0.05, 0.1) is 4.43 Å². The van der Waals surface area contributed by atoms with Crippen molar-refractivity contribution in [3.05, 3.63) is 29.8 Å². The largest absolute Gasteiger partial charge is 0.472 e. The van der Waals surface area contributed by atoms with E-state index >= 15 is 0 Å². The molecule has 1 aromatic rings. The van der Waals surface area contributed by atoms with Crippen molar-refractivity contribution in [2.45, 2.75) is 51.0 Å². The third-order valence-corrected chi connectivity index (χ3v) is 7.99. The van der Waals surface area contributed by atoms with Gasteiger partial charge in [0.15, 0.2) is 0 Å². The lowest BCUT2D eigenvalue weighted by molar-refractivity contribution is 0.0847. The average molecular weight is 519 g/mol. The molecule has 0 bridgehead atoms. The van der Waals surface area contributed by atoms with Crippen molar-refractivity contribution in [3.63, 3.8) is 0 Å². The molecule has 0 aliphatic carbocycles. The van der Waals surface area contributed by atoms with Crippen LogP contribution in [-0.2, 0) is 14.8 Å². The van der Waals surface area contributed by atoms with Gasteiger partial charge in [-0.2, -0.15) is 0 Å². The second-order valence-electron chi connectivity index (χ2n) is 8.96. The summed E-state index contributed by atoms with van der Waals surface area (Å²) in [6.07, 6.45) is 0. The first-order valence-electron chi connectivity index (χ1n) is 9.62. The highest BCUT2D eigenvalue weighted by Gasteiger charge is 2.46. The molecule has 0 N–H and O–H groups in total. The van der Waals surface area contributed by atoms with Crippen LogP contribution in [0.3, 0.4) is 0 Å². The average Bonchev–Trinajstić information content (AvgIpc) is 2.59. The molecular formula is C20H30IN3O3S. The third kappa shape index (κ3) is 4.48. The van der Waals surface area contributed by atoms with Gasteiger partial charge in [-0.05, 0) is 52.3 Å². The molecule has 2 aliphatic heterocycles. The number of hydrogen-bond donors (Lipinski definition) is 0. The fraction of sp³-hybridized carbons (Fsp3) is 0.650. The Morgan fingerprint density at radius 2 is 1.71 bits per heavy atom. The van der Waals surface area contributed by atoms with E-state index in [2.05, 4.69) is 57.6 Å². The summed E-state index contributed by atoms with van der Waals surface area (Å²) in [5.74, 6) is 0.273. The normalized spacial score (nSPS) is 25.1. The molecule has 1 saturated heterocycles. The predicted molar refractivity (Wildman–Crippen MR) is 123 cm³/mol. The van der Waals surface area contributed by atoms with Crippen LogP contribution in [-0.4, -0.2) is 61.0 Å². The van der Waals surface area contributed by atoms with E-state index in [-0.39, 0.29) is 11.4 Å². The molecule has 1 fully saturated rings. The molecule has 0 aromatic heterocycles. The van der Waals surface area contributed by atoms with Crippen molar-refractivity contribution in [2.75, 3.05) is 35.5 Å². The zero-order chi connectivity index (χ0) is 20.7. The molecule has 0 radical (unpaired) electrons. The first kappa shape index (κ1) is 21.8. The molecule has 28 heavy (non-hydrogen) atoms. The Balaban J connectivity index is 1.79. The molecule has 0 amide bonds. The Kier molecular flexibility index (Phi) is 6.05. The van der Waals surface area contributed by atoms with E-state index < -0.39 is 20.9 Å². The van der Waals surface area contributed by atoms with Crippen molar-refractivity contribution < 1.29 is 13.2 Å². The Hall–Kier alpha value is -0.870. The number of alkyl halides is 1. The fourth-order valence-electron chi connectivity index (χ4n) is 4.05. The lowest BCUT2D eigenvalue weighted by Crippen LogP contribution is -2.53. The highest BCUT2D eigenvalue weighted by atomic mass is 127. The molecule has 6 nitrogen and oxygen atoms in total. The number of halogens is 1. The van der Waals surface area contributed by atoms with Crippen LogP contribution in [0.1, 0.15) is 45.4 Å². The topological polar surface area (TPSA) is 62.2 Å². The summed E-state index contributed by atoms with van der Waals surface area (Å²) in [4.78, 5) is 4.85. The summed E-state index contributed by atoms with van der Waals surface area (Å²) in [5.41, 5.74) is 1.17. The van der Waals surface area contributed by atoms with E-state index in [4.69, 9.17) is 4.74 Å². The van der Waals surface area contributed by atoms with Gasteiger partial charge in [0.1, 0.15) is 10.9 Å². The number of ether oxygens (including phenoxy) is 1. The molecule has 3 rings (SSSR count). The lowest BCUT2D eigenvalue weighted by atomic mass is 9.97. The summed E-state index contributed by atoms with van der Waals surface area (Å²) in [6, 6.07) is 7.85. The molecule has 1 unspecified atom stereocenters. The van der Waals surface area contributed by atoms with Crippen molar-refractivity contribution in [1.82, 2.24) is 4.90 Å². The summed E-state index contributed by atoms with van der Waals surface area (Å²) in [5, 5.41) is -0.807. The van der Waals surface area contributed by atoms with Crippen LogP contribution in [0.2, 0.25) is 0 Å². The highest BCUT2D eigenvalue weighted by molar-refractivity contribution is 14.1. The standard InChI is InChI=1S/C20H30IN3O3S/c1-19(2,3)24-12-10-23(11-13-24)16-8-6-15(7-9-16)18-20(4,5)27-17(14-21)22-28(18,25)26/h6-9,18H,10-14H2,1-5H3. The fourth-order valence-corrected chi connectivity index (χ4v) is 6.36. The Labute approximate surface area is 182 Å². The van der Waals surface area contributed by atoms with Crippen LogP contribution >= 0.6 is 22.6 Å². The highest BCUT2D eigenvalue weighted by Crippen LogP contribution is 2.41. The minimum Gasteiger partial charge on any atom is -0.472 e. The van der Waals surface area contributed by atoms with Gasteiger partial charge in [-0.15, -0.1) is 4.40 Å². The summed E-state index contributed by atoms with van der Waals surface area (Å²) in [6.45, 7) is 14.4. The zero-order valence-corrected chi connectivity index (χ0v) is 20.2. The number of benzene rings is 1. The van der Waals surface area contributed by atoms with Gasteiger partial charge in [0.25, 0.3) is 10.0 Å². The smallest absolute Gasteiger partial charge is 0.267 e. The SMILES string of the molecule is CC1(C)OC(CI)=NS(=O)(=O)C1c1ccc(N2CCN(C(C)(C)C)CC2)cc1. The van der Waals surface area contributed by atoms with Crippen molar-refractivity contribution >= 4 is 44.2 Å². The van der Waals surface area contributed by atoms with Crippen LogP contribution in [0.5, 0.6) is 0 Å². The number of anilines is 1. The first-order chi connectivity index (χ1) is 12.9. The van der Waals surface area contributed by atoms with Gasteiger partial charge in [-0.25, -0.2) is 8.42 Å². The minimum absolute atomic E-state index is 0.189. The molecule has 156 valence electrons. The van der Waals surface area contributed by atoms with E-state index in [9.17, 15) is 8.42 Å². The maximum atomic E-state index is 12.8. The molecule has 2 heterocycles. The second kappa shape index (κ2) is 7.75. The van der Waals surface area contributed by atoms with Gasteiger partial charge in [0.2, 0.25) is 5.90 Å². The van der Waals surface area contributed by atoms with Crippen LogP contribution in [0.25, 0.3) is 0 Å². The zero-order valence-electron chi connectivity index (χ0n) is 17.3. The van der Waals surface area contributed by atoms with Gasteiger partial charge < -0.3 is 9.64 Å². The summed E-state index contributed by atoms with van der Waals surface area (Å²) >= 11 is 2.07. The monoisotopic (exact) mass is 519 g/mol. The number of sulfonamides is 1. The van der Waals surface area contributed by atoms with Crippen LogP contribution in [0, 0.1) is 0 Å². The van der Waals surface area contributed by atoms with Crippen molar-refractivity contribution in [3.8, 4) is 0 Å². The lowest BCUT2D eigenvalue weighted by Gasteiger charge is -2.43. The quantitative estimate of drug-likeness (QED) is 0.451. The molecule has 1 atom stereocenters. The maximum absolute atomic E-state index is 12.8. The second-order valence-corrected chi connectivity index (χ2v) is 11.4. The number of piperazine rings is 1. The Morgan fingerprint density at radius 3 is 2.18 bits per heavy atom. The summed E-state index contributed by atoms with van der Waals surface area (Å²) in [7, 11) is -3.67. The van der Waals surface area contributed by atoms with Crippen molar-refractivity contribution in [2.24, 2.45) is 4.40 Å². The summed E-state index contributed by atoms with van der Waals surface area (Å²) < 4.78 is 35.8. The van der Waals surface area contributed by atoms with Gasteiger partial charge >= 0.3 is 0 Å². The number of nitrogens with zero attached hydrogens (tertiary/aromatic N) is 3. The van der Waals surface area contributed by atoms with Crippen LogP contribution < -0.4 is 4.90 Å². The number of rotatable bonds is 3. The Morgan fingerprint density at radius 1 is 1.14 bits per heavy atom. The van der Waals surface area contributed by atoms with E-state index in [1.807, 2.05) is 38.1 Å². The number of hydrogen-bond acceptors (Lipinski definition) is 5. The molecule has 0 spiro atoms. The Bertz CT molecular complexity index is 836. The predicted octanol–water partition coefficient (Wildman–Crippen LogP) is 3.62. The van der Waals surface area contributed by atoms with Gasteiger partial charge in [0, 0.05) is 37.4 Å². The van der Waals surface area contributed by atoms with E-state index in [0.29, 0.717) is 4.43 Å². The first-order valence-corrected chi connectivity index (χ1v) is 12.6. The van der Waals surface area contributed by atoms with Crippen LogP contribution in [0.15, 0.2) is 28.7 Å². The molecule has 0 saturated carbocycles. The maximum Gasteiger partial charge on any atom is 0.267 e. The van der Waals surface area contributed by atoms with E-state index in [0.717, 1.165) is 37.4 Å². The van der Waals surface area contributed by atoms with Gasteiger partial charge in [-0.3, -0.25) is 4.90 Å².